The van der Waals surface area contributed by atoms with Gasteiger partial charge in [-0.3, -0.25) is 4.90 Å². The molecule has 0 aromatic carbocycles. The first kappa shape index (κ1) is 12.0. The summed E-state index contributed by atoms with van der Waals surface area (Å²) in [6, 6.07) is 0. The van der Waals surface area contributed by atoms with Gasteiger partial charge in [-0.25, -0.2) is 0 Å². The predicted octanol–water partition coefficient (Wildman–Crippen LogP) is 0.642. The highest BCUT2D eigenvalue weighted by Gasteiger charge is 2.15. The van der Waals surface area contributed by atoms with E-state index < -0.39 is 0 Å². The SMILES string of the molecule is CC(C)CCN1CCN(CCO)CC1. The first-order valence-electron chi connectivity index (χ1n) is 5.78. The van der Waals surface area contributed by atoms with Gasteiger partial charge in [-0.2, -0.15) is 0 Å². The number of hydrogen-bond acceptors (Lipinski definition) is 3. The number of aliphatic hydroxyl groups is 1. The third-order valence-electron chi connectivity index (χ3n) is 2.90. The van der Waals surface area contributed by atoms with Gasteiger partial charge in [-0.15, -0.1) is 0 Å². The Hall–Kier alpha value is -0.120. The van der Waals surface area contributed by atoms with Crippen molar-refractivity contribution in [3.8, 4) is 0 Å². The minimum Gasteiger partial charge on any atom is -0.395 e. The average molecular weight is 200 g/mol. The van der Waals surface area contributed by atoms with Crippen LogP contribution >= 0.6 is 0 Å². The van der Waals surface area contributed by atoms with Crippen molar-refractivity contribution in [2.24, 2.45) is 5.92 Å². The van der Waals surface area contributed by atoms with E-state index in [0.29, 0.717) is 6.61 Å². The van der Waals surface area contributed by atoms with E-state index in [-0.39, 0.29) is 0 Å². The van der Waals surface area contributed by atoms with Crippen molar-refractivity contribution in [1.82, 2.24) is 9.80 Å². The molecule has 84 valence electrons. The normalized spacial score (nSPS) is 20.6. The van der Waals surface area contributed by atoms with Crippen LogP contribution in [-0.2, 0) is 0 Å². The molecule has 0 radical (unpaired) electrons. The molecule has 0 spiro atoms. The Morgan fingerprint density at radius 1 is 1.00 bits per heavy atom. The van der Waals surface area contributed by atoms with Gasteiger partial charge in [0.2, 0.25) is 0 Å². The first-order chi connectivity index (χ1) is 6.72. The van der Waals surface area contributed by atoms with Crippen LogP contribution in [0.1, 0.15) is 20.3 Å². The maximum atomic E-state index is 8.81. The van der Waals surface area contributed by atoms with E-state index in [0.717, 1.165) is 25.6 Å². The zero-order valence-corrected chi connectivity index (χ0v) is 9.58. The topological polar surface area (TPSA) is 26.7 Å². The molecular formula is C11H24N2O. The number of rotatable bonds is 5. The fraction of sp³-hybridized carbons (Fsp3) is 1.00. The minimum absolute atomic E-state index is 0.298. The van der Waals surface area contributed by atoms with Crippen LogP contribution in [0.25, 0.3) is 0 Å². The van der Waals surface area contributed by atoms with Crippen LogP contribution in [0.2, 0.25) is 0 Å². The molecular weight excluding hydrogens is 176 g/mol. The van der Waals surface area contributed by atoms with E-state index in [4.69, 9.17) is 5.11 Å². The lowest BCUT2D eigenvalue weighted by Gasteiger charge is -2.34. The first-order valence-corrected chi connectivity index (χ1v) is 5.78. The van der Waals surface area contributed by atoms with E-state index in [1.807, 2.05) is 0 Å². The molecule has 0 saturated carbocycles. The second-order valence-electron chi connectivity index (χ2n) is 4.59. The van der Waals surface area contributed by atoms with Gasteiger partial charge in [-0.05, 0) is 18.9 Å². The standard InChI is InChI=1S/C11H24N2O/c1-11(2)3-4-12-5-7-13(8-6-12)9-10-14/h11,14H,3-10H2,1-2H3. The third-order valence-corrected chi connectivity index (χ3v) is 2.90. The molecule has 0 aromatic rings. The van der Waals surface area contributed by atoms with Crippen molar-refractivity contribution in [1.29, 1.82) is 0 Å². The summed E-state index contributed by atoms with van der Waals surface area (Å²) in [5.74, 6) is 0.811. The van der Waals surface area contributed by atoms with E-state index in [2.05, 4.69) is 23.6 Å². The highest BCUT2D eigenvalue weighted by molar-refractivity contribution is 4.71. The summed E-state index contributed by atoms with van der Waals surface area (Å²) in [5, 5.41) is 8.81. The fourth-order valence-electron chi connectivity index (χ4n) is 1.82. The van der Waals surface area contributed by atoms with Crippen LogP contribution in [0, 0.1) is 5.92 Å². The molecule has 1 fully saturated rings. The highest BCUT2D eigenvalue weighted by atomic mass is 16.3. The maximum absolute atomic E-state index is 8.81. The lowest BCUT2D eigenvalue weighted by molar-refractivity contribution is 0.109. The van der Waals surface area contributed by atoms with Crippen molar-refractivity contribution in [2.75, 3.05) is 45.9 Å². The third kappa shape index (κ3) is 4.40. The molecule has 0 aromatic heterocycles. The predicted molar refractivity (Wildman–Crippen MR) is 59.4 cm³/mol. The summed E-state index contributed by atoms with van der Waals surface area (Å²) in [5.41, 5.74) is 0. The molecule has 3 heteroatoms. The monoisotopic (exact) mass is 200 g/mol. The van der Waals surface area contributed by atoms with Crippen LogP contribution < -0.4 is 0 Å². The summed E-state index contributed by atoms with van der Waals surface area (Å²) in [7, 11) is 0. The zero-order chi connectivity index (χ0) is 10.4. The number of aliphatic hydroxyl groups excluding tert-OH is 1. The number of piperazine rings is 1. The van der Waals surface area contributed by atoms with Crippen LogP contribution in [0.4, 0.5) is 0 Å². The Morgan fingerprint density at radius 3 is 1.93 bits per heavy atom. The smallest absolute Gasteiger partial charge is 0.0558 e. The van der Waals surface area contributed by atoms with Crippen molar-refractivity contribution in [3.05, 3.63) is 0 Å². The van der Waals surface area contributed by atoms with E-state index in [1.54, 1.807) is 0 Å². The average Bonchev–Trinajstić information content (AvgIpc) is 2.17. The molecule has 14 heavy (non-hydrogen) atoms. The van der Waals surface area contributed by atoms with Gasteiger partial charge in [0.05, 0.1) is 6.61 Å². The largest absolute Gasteiger partial charge is 0.395 e. The lowest BCUT2D eigenvalue weighted by Crippen LogP contribution is -2.47. The van der Waals surface area contributed by atoms with Gasteiger partial charge in [-0.1, -0.05) is 13.8 Å². The second kappa shape index (κ2) is 6.38. The fourth-order valence-corrected chi connectivity index (χ4v) is 1.82. The van der Waals surface area contributed by atoms with Gasteiger partial charge >= 0.3 is 0 Å². The zero-order valence-electron chi connectivity index (χ0n) is 9.58. The van der Waals surface area contributed by atoms with Gasteiger partial charge in [0.1, 0.15) is 0 Å². The summed E-state index contributed by atoms with van der Waals surface area (Å²) < 4.78 is 0. The van der Waals surface area contributed by atoms with E-state index in [1.165, 1.54) is 26.1 Å². The van der Waals surface area contributed by atoms with E-state index in [9.17, 15) is 0 Å². The molecule has 1 heterocycles. The Labute approximate surface area is 87.7 Å². The van der Waals surface area contributed by atoms with Gasteiger partial charge in [0.25, 0.3) is 0 Å². The van der Waals surface area contributed by atoms with Gasteiger partial charge in [0.15, 0.2) is 0 Å². The lowest BCUT2D eigenvalue weighted by atomic mass is 10.1. The molecule has 1 aliphatic heterocycles. The molecule has 0 aliphatic carbocycles. The molecule has 0 atom stereocenters. The summed E-state index contributed by atoms with van der Waals surface area (Å²) in [4.78, 5) is 4.87. The van der Waals surface area contributed by atoms with Crippen molar-refractivity contribution in [2.45, 2.75) is 20.3 Å². The van der Waals surface area contributed by atoms with Crippen molar-refractivity contribution < 1.29 is 5.11 Å². The van der Waals surface area contributed by atoms with Crippen LogP contribution in [0.15, 0.2) is 0 Å². The van der Waals surface area contributed by atoms with Crippen molar-refractivity contribution in [3.63, 3.8) is 0 Å². The molecule has 3 nitrogen and oxygen atoms in total. The molecule has 1 rings (SSSR count). The van der Waals surface area contributed by atoms with Crippen LogP contribution in [-0.4, -0.2) is 60.8 Å². The van der Waals surface area contributed by atoms with Gasteiger partial charge < -0.3 is 10.0 Å². The minimum atomic E-state index is 0.298. The molecule has 1 aliphatic rings. The summed E-state index contributed by atoms with van der Waals surface area (Å²) >= 11 is 0. The second-order valence-corrected chi connectivity index (χ2v) is 4.59. The number of hydrogen-bond donors (Lipinski definition) is 1. The Kier molecular flexibility index (Phi) is 5.45. The quantitative estimate of drug-likeness (QED) is 0.705. The number of nitrogens with zero attached hydrogens (tertiary/aromatic N) is 2. The maximum Gasteiger partial charge on any atom is 0.0558 e. The van der Waals surface area contributed by atoms with Gasteiger partial charge in [0, 0.05) is 32.7 Å². The molecule has 0 amide bonds. The highest BCUT2D eigenvalue weighted by Crippen LogP contribution is 2.05. The molecule has 1 N–H and O–H groups in total. The van der Waals surface area contributed by atoms with Crippen LogP contribution in [0.5, 0.6) is 0 Å². The van der Waals surface area contributed by atoms with E-state index >= 15 is 0 Å². The molecule has 0 unspecified atom stereocenters. The summed E-state index contributed by atoms with van der Waals surface area (Å²) in [6.07, 6.45) is 1.31. The van der Waals surface area contributed by atoms with Crippen molar-refractivity contribution >= 4 is 0 Å². The molecule has 0 bridgehead atoms. The Morgan fingerprint density at radius 2 is 1.50 bits per heavy atom. The Balaban J connectivity index is 2.09. The number of β-amino-alcohol motifs (C(OH)–C–C–N with tert-alkyl or cyclic N) is 1. The Bertz CT molecular complexity index is 142. The summed E-state index contributed by atoms with van der Waals surface area (Å²) in [6.45, 7) is 11.5. The van der Waals surface area contributed by atoms with Crippen LogP contribution in [0.3, 0.4) is 0 Å². The molecule has 1 saturated heterocycles.